The van der Waals surface area contributed by atoms with Crippen LogP contribution >= 0.6 is 11.3 Å². The summed E-state index contributed by atoms with van der Waals surface area (Å²) < 4.78 is 12.0. The molecule has 0 unspecified atom stereocenters. The number of ether oxygens (including phenoxy) is 1. The molecule has 0 saturated carbocycles. The Morgan fingerprint density at radius 2 is 1.67 bits per heavy atom. The Kier molecular flexibility index (Phi) is 10.2. The monoisotopic (exact) mass is 500 g/mol. The fraction of sp³-hybridized carbons (Fsp3) is 0.840. The quantitative estimate of drug-likeness (QED) is 0.366. The van der Waals surface area contributed by atoms with Crippen LogP contribution in [0.25, 0.3) is 0 Å². The van der Waals surface area contributed by atoms with Crippen LogP contribution in [0.15, 0.2) is 0 Å². The highest BCUT2D eigenvalue weighted by Gasteiger charge is 2.38. The molecule has 2 atom stereocenters. The minimum Gasteiger partial charge on any atom is -0.444 e. The van der Waals surface area contributed by atoms with Crippen molar-refractivity contribution < 1.29 is 19.1 Å². The van der Waals surface area contributed by atoms with Crippen molar-refractivity contribution in [2.45, 2.75) is 124 Å². The van der Waals surface area contributed by atoms with Gasteiger partial charge in [-0.05, 0) is 50.7 Å². The third-order valence-electron chi connectivity index (χ3n) is 6.34. The minimum atomic E-state index is -1.91. The van der Waals surface area contributed by atoms with Crippen LogP contribution in [0.1, 0.15) is 103 Å². The molecule has 1 amide bonds. The third-order valence-corrected chi connectivity index (χ3v) is 12.3. The first-order valence-corrected chi connectivity index (χ1v) is 15.8. The van der Waals surface area contributed by atoms with E-state index in [1.165, 1.54) is 0 Å². The molecule has 1 rings (SSSR count). The third kappa shape index (κ3) is 8.64. The summed E-state index contributed by atoms with van der Waals surface area (Å²) in [5, 5.41) is 11.9. The molecule has 192 valence electrons. The van der Waals surface area contributed by atoms with E-state index in [1.807, 2.05) is 20.8 Å². The van der Waals surface area contributed by atoms with Gasteiger partial charge < -0.3 is 19.2 Å². The van der Waals surface area contributed by atoms with Gasteiger partial charge in [-0.15, -0.1) is 11.3 Å². The maximum atomic E-state index is 12.6. The molecule has 6 nitrogen and oxygen atoms in total. The molecule has 0 spiro atoms. The fourth-order valence-electron chi connectivity index (χ4n) is 3.22. The number of carbonyl (C=O) groups excluding carboxylic acids is 1. The van der Waals surface area contributed by atoms with Gasteiger partial charge in [0.25, 0.3) is 0 Å². The molecule has 0 aliphatic rings. The van der Waals surface area contributed by atoms with Gasteiger partial charge in [0.1, 0.15) is 16.7 Å². The molecule has 0 saturated heterocycles. The van der Waals surface area contributed by atoms with Crippen molar-refractivity contribution >= 4 is 25.7 Å². The lowest BCUT2D eigenvalue weighted by atomic mass is 9.97. The Bertz CT molecular complexity index is 778. The molecule has 0 radical (unpaired) electrons. The summed E-state index contributed by atoms with van der Waals surface area (Å²) in [6.07, 6.45) is -0.730. The molecular formula is C25H48N2O4SSi. The number of aliphatic hydroxyl groups is 1. The Labute approximate surface area is 207 Å². The number of aliphatic hydroxyl groups excluding tert-OH is 1. The zero-order valence-corrected chi connectivity index (χ0v) is 25.0. The van der Waals surface area contributed by atoms with Gasteiger partial charge in [-0.3, -0.25) is 0 Å². The van der Waals surface area contributed by atoms with Crippen molar-refractivity contribution in [3.8, 4) is 0 Å². The van der Waals surface area contributed by atoms with Crippen molar-refractivity contribution in [1.82, 2.24) is 9.88 Å². The SMILES string of the molecule is CC(C)c1sc([C@H](O)C[C@H](C(C)C)N(C)C(=O)OC(C)(C)C)nc1CO[Si](C)(C)C(C)(C)C. The molecule has 1 N–H and O–H groups in total. The predicted molar refractivity (Wildman–Crippen MR) is 140 cm³/mol. The maximum absolute atomic E-state index is 12.6. The number of carbonyl (C=O) groups is 1. The smallest absolute Gasteiger partial charge is 0.410 e. The number of nitrogens with zero attached hydrogens (tertiary/aromatic N) is 2. The predicted octanol–water partition coefficient (Wildman–Crippen LogP) is 7.10. The molecule has 0 aromatic carbocycles. The summed E-state index contributed by atoms with van der Waals surface area (Å²) in [4.78, 5) is 20.2. The molecule has 0 aliphatic carbocycles. The topological polar surface area (TPSA) is 71.9 Å². The van der Waals surface area contributed by atoms with Gasteiger partial charge >= 0.3 is 6.09 Å². The van der Waals surface area contributed by atoms with Crippen LogP contribution in [0.4, 0.5) is 4.79 Å². The zero-order valence-electron chi connectivity index (χ0n) is 23.2. The summed E-state index contributed by atoms with van der Waals surface area (Å²) in [5.41, 5.74) is 0.363. The van der Waals surface area contributed by atoms with E-state index in [2.05, 4.69) is 61.6 Å². The molecule has 1 aromatic rings. The number of aromatic nitrogens is 1. The number of hydrogen-bond donors (Lipinski definition) is 1. The van der Waals surface area contributed by atoms with Crippen molar-refractivity contribution in [1.29, 1.82) is 0 Å². The number of thiazole rings is 1. The van der Waals surface area contributed by atoms with Crippen LogP contribution < -0.4 is 0 Å². The Morgan fingerprint density at radius 3 is 2.09 bits per heavy atom. The van der Waals surface area contributed by atoms with E-state index in [4.69, 9.17) is 14.1 Å². The molecule has 1 aromatic heterocycles. The molecule has 1 heterocycles. The average molecular weight is 501 g/mol. The second-order valence-electron chi connectivity index (χ2n) is 12.2. The lowest BCUT2D eigenvalue weighted by Gasteiger charge is -2.36. The van der Waals surface area contributed by atoms with E-state index in [-0.39, 0.29) is 23.1 Å². The van der Waals surface area contributed by atoms with Gasteiger partial charge in [-0.1, -0.05) is 48.5 Å². The molecule has 33 heavy (non-hydrogen) atoms. The summed E-state index contributed by atoms with van der Waals surface area (Å²) in [7, 11) is -0.166. The summed E-state index contributed by atoms with van der Waals surface area (Å²) in [6, 6.07) is -0.173. The average Bonchev–Trinajstić information content (AvgIpc) is 3.06. The van der Waals surface area contributed by atoms with Gasteiger partial charge in [-0.2, -0.15) is 0 Å². The van der Waals surface area contributed by atoms with Crippen molar-refractivity contribution in [3.63, 3.8) is 0 Å². The van der Waals surface area contributed by atoms with Crippen LogP contribution in [-0.2, 0) is 15.8 Å². The van der Waals surface area contributed by atoms with Crippen LogP contribution in [0, 0.1) is 5.92 Å². The first kappa shape index (κ1) is 30.1. The molecule has 0 fully saturated rings. The van der Waals surface area contributed by atoms with Crippen LogP contribution in [0.5, 0.6) is 0 Å². The summed E-state index contributed by atoms with van der Waals surface area (Å²) in [6.45, 7) is 25.6. The van der Waals surface area contributed by atoms with Gasteiger partial charge in [0.2, 0.25) is 0 Å². The highest BCUT2D eigenvalue weighted by atomic mass is 32.1. The van der Waals surface area contributed by atoms with E-state index >= 15 is 0 Å². The maximum Gasteiger partial charge on any atom is 0.410 e. The Balaban J connectivity index is 3.07. The summed E-state index contributed by atoms with van der Waals surface area (Å²) in [5.74, 6) is 0.454. The molecule has 0 bridgehead atoms. The van der Waals surface area contributed by atoms with E-state index in [9.17, 15) is 9.90 Å². The van der Waals surface area contributed by atoms with E-state index in [0.29, 0.717) is 24.0 Å². The largest absolute Gasteiger partial charge is 0.444 e. The van der Waals surface area contributed by atoms with Crippen molar-refractivity contribution in [2.24, 2.45) is 5.92 Å². The second kappa shape index (κ2) is 11.2. The number of amides is 1. The van der Waals surface area contributed by atoms with Gasteiger partial charge in [-0.25, -0.2) is 9.78 Å². The molecule has 0 aliphatic heterocycles. The van der Waals surface area contributed by atoms with Gasteiger partial charge in [0.15, 0.2) is 8.32 Å². The van der Waals surface area contributed by atoms with Crippen molar-refractivity contribution in [2.75, 3.05) is 7.05 Å². The Morgan fingerprint density at radius 1 is 1.12 bits per heavy atom. The van der Waals surface area contributed by atoms with E-state index in [1.54, 1.807) is 23.3 Å². The zero-order chi connectivity index (χ0) is 25.9. The fourth-order valence-corrected chi connectivity index (χ4v) is 5.22. The van der Waals surface area contributed by atoms with Gasteiger partial charge in [0.05, 0.1) is 12.3 Å². The standard InChI is InChI=1S/C25H48N2O4SSi/c1-16(2)19(27(11)23(29)31-24(5,6)7)14-20(28)22-26-18(21(32-22)17(3)4)15-30-33(12,13)25(8,9)10/h16-17,19-20,28H,14-15H2,1-13H3/t19-,20-/m1/s1. The second-order valence-corrected chi connectivity index (χ2v) is 18.1. The van der Waals surface area contributed by atoms with Crippen LogP contribution in [0.3, 0.4) is 0 Å². The Hall–Kier alpha value is -0.963. The minimum absolute atomic E-state index is 0.125. The first-order chi connectivity index (χ1) is 14.8. The normalized spacial score (nSPS) is 15.2. The lowest BCUT2D eigenvalue weighted by molar-refractivity contribution is 0.0106. The van der Waals surface area contributed by atoms with E-state index in [0.717, 1.165) is 10.6 Å². The molecular weight excluding hydrogens is 452 g/mol. The van der Waals surface area contributed by atoms with Crippen LogP contribution in [-0.4, -0.2) is 48.1 Å². The number of hydrogen-bond acceptors (Lipinski definition) is 6. The molecule has 8 heteroatoms. The highest BCUT2D eigenvalue weighted by Crippen LogP contribution is 2.39. The van der Waals surface area contributed by atoms with Crippen molar-refractivity contribution in [3.05, 3.63) is 15.6 Å². The highest BCUT2D eigenvalue weighted by molar-refractivity contribution is 7.11. The van der Waals surface area contributed by atoms with Gasteiger partial charge in [0, 0.05) is 24.4 Å². The first-order valence-electron chi connectivity index (χ1n) is 12.0. The van der Waals surface area contributed by atoms with E-state index < -0.39 is 20.0 Å². The number of rotatable bonds is 9. The lowest BCUT2D eigenvalue weighted by Crippen LogP contribution is -2.44. The van der Waals surface area contributed by atoms with Crippen LogP contribution in [0.2, 0.25) is 18.1 Å². The summed E-state index contributed by atoms with van der Waals surface area (Å²) >= 11 is 1.56.